The van der Waals surface area contributed by atoms with Crippen LogP contribution in [0.25, 0.3) is 0 Å². The predicted octanol–water partition coefficient (Wildman–Crippen LogP) is 3.05. The lowest BCUT2D eigenvalue weighted by atomic mass is 10.1. The largest absolute Gasteiger partial charge is 0.293 e. The number of carbonyl (C=O) groups excluding carboxylic acids is 1. The van der Waals surface area contributed by atoms with Crippen molar-refractivity contribution in [2.75, 3.05) is 5.75 Å². The molecule has 0 fully saturated rings. The van der Waals surface area contributed by atoms with Crippen molar-refractivity contribution in [2.45, 2.75) is 4.90 Å². The lowest BCUT2D eigenvalue weighted by molar-refractivity contribution is 0.102. The van der Waals surface area contributed by atoms with Crippen LogP contribution in [-0.4, -0.2) is 21.3 Å². The molecule has 88 valence electrons. The number of hydrogen-bond acceptors (Lipinski definition) is 3. The van der Waals surface area contributed by atoms with E-state index in [2.05, 4.69) is 5.10 Å². The molecule has 0 radical (unpaired) electrons. The van der Waals surface area contributed by atoms with E-state index in [0.29, 0.717) is 16.3 Å². The van der Waals surface area contributed by atoms with Gasteiger partial charge in [0.05, 0.1) is 17.0 Å². The van der Waals surface area contributed by atoms with E-state index < -0.39 is 0 Å². The third kappa shape index (κ3) is 3.11. The molecule has 0 aliphatic carbocycles. The molecule has 0 unspecified atom stereocenters. The molecule has 0 aliphatic heterocycles. The molecule has 2 aromatic rings. The fraction of sp³-hybridized carbons (Fsp3) is 0.167. The number of thioether (sulfide) groups is 1. The minimum absolute atomic E-state index is 0.0319. The number of carbonyl (C=O) groups is 1. The number of benzene rings is 1. The van der Waals surface area contributed by atoms with Crippen LogP contribution in [0, 0.1) is 0 Å². The Morgan fingerprint density at radius 1 is 1.47 bits per heavy atom. The number of ketones is 1. The molecule has 3 nitrogen and oxygen atoms in total. The Labute approximate surface area is 109 Å². The summed E-state index contributed by atoms with van der Waals surface area (Å²) in [6.45, 7) is 0. The van der Waals surface area contributed by atoms with Crippen molar-refractivity contribution in [3.63, 3.8) is 0 Å². The van der Waals surface area contributed by atoms with Crippen molar-refractivity contribution < 1.29 is 4.79 Å². The summed E-state index contributed by atoms with van der Waals surface area (Å²) < 4.78 is 1.71. The number of Topliss-reactive ketones (excluding diaryl/α,β-unsaturated/α-hetero) is 1. The Morgan fingerprint density at radius 2 is 2.24 bits per heavy atom. The number of aromatic nitrogens is 2. The average molecular weight is 267 g/mol. The van der Waals surface area contributed by atoms with Crippen LogP contribution in [-0.2, 0) is 7.05 Å². The third-order valence-electron chi connectivity index (χ3n) is 2.23. The quantitative estimate of drug-likeness (QED) is 0.630. The second-order valence-electron chi connectivity index (χ2n) is 3.54. The number of nitrogens with zero attached hydrogens (tertiary/aromatic N) is 2. The van der Waals surface area contributed by atoms with Crippen LogP contribution >= 0.6 is 23.4 Å². The zero-order chi connectivity index (χ0) is 12.3. The summed E-state index contributed by atoms with van der Waals surface area (Å²) in [7, 11) is 1.85. The van der Waals surface area contributed by atoms with Crippen LogP contribution in [0.3, 0.4) is 0 Å². The zero-order valence-electron chi connectivity index (χ0n) is 9.26. The van der Waals surface area contributed by atoms with Gasteiger partial charge in [0, 0.05) is 23.7 Å². The topological polar surface area (TPSA) is 34.9 Å². The van der Waals surface area contributed by atoms with Gasteiger partial charge in [0.1, 0.15) is 0 Å². The molecule has 5 heteroatoms. The molecule has 0 bridgehead atoms. The molecule has 17 heavy (non-hydrogen) atoms. The van der Waals surface area contributed by atoms with Gasteiger partial charge in [-0.2, -0.15) is 5.10 Å². The maximum atomic E-state index is 11.9. The van der Waals surface area contributed by atoms with E-state index in [1.54, 1.807) is 23.0 Å². The first-order valence-electron chi connectivity index (χ1n) is 5.06. The van der Waals surface area contributed by atoms with Gasteiger partial charge in [-0.05, 0) is 12.1 Å². The molecule has 0 aliphatic rings. The maximum absolute atomic E-state index is 11.9. The second-order valence-corrected chi connectivity index (χ2v) is 5.00. The fourth-order valence-electron chi connectivity index (χ4n) is 1.39. The maximum Gasteiger partial charge on any atom is 0.174 e. The van der Waals surface area contributed by atoms with Gasteiger partial charge in [0.15, 0.2) is 5.78 Å². The molecule has 0 N–H and O–H groups in total. The molecule has 0 atom stereocenters. The summed E-state index contributed by atoms with van der Waals surface area (Å²) in [5.41, 5.74) is 0.575. The Bertz CT molecular complexity index is 539. The van der Waals surface area contributed by atoms with E-state index in [0.717, 1.165) is 4.90 Å². The highest BCUT2D eigenvalue weighted by atomic mass is 35.5. The van der Waals surface area contributed by atoms with Gasteiger partial charge >= 0.3 is 0 Å². The van der Waals surface area contributed by atoms with Gasteiger partial charge in [-0.3, -0.25) is 9.48 Å². The molecule has 0 amide bonds. The number of aryl methyl sites for hydroxylation is 1. The summed E-state index contributed by atoms with van der Waals surface area (Å²) in [5, 5.41) is 4.55. The molecule has 1 aromatic carbocycles. The van der Waals surface area contributed by atoms with E-state index in [1.165, 1.54) is 11.8 Å². The van der Waals surface area contributed by atoms with Crippen molar-refractivity contribution in [1.29, 1.82) is 0 Å². The number of halogens is 1. The Kier molecular flexibility index (Phi) is 3.86. The first kappa shape index (κ1) is 12.2. The summed E-state index contributed by atoms with van der Waals surface area (Å²) in [5.74, 6) is 0.402. The predicted molar refractivity (Wildman–Crippen MR) is 69.7 cm³/mol. The number of hydrogen-bond donors (Lipinski definition) is 0. The average Bonchev–Trinajstić information content (AvgIpc) is 2.73. The summed E-state index contributed by atoms with van der Waals surface area (Å²) in [6.07, 6.45) is 3.62. The molecular weight excluding hydrogens is 256 g/mol. The molecule has 1 aromatic heterocycles. The van der Waals surface area contributed by atoms with Crippen molar-refractivity contribution in [3.8, 4) is 0 Å². The molecule has 2 rings (SSSR count). The van der Waals surface area contributed by atoms with Gasteiger partial charge in [0.2, 0.25) is 0 Å². The Morgan fingerprint density at radius 3 is 2.88 bits per heavy atom. The zero-order valence-corrected chi connectivity index (χ0v) is 10.8. The molecular formula is C12H11ClN2OS. The van der Waals surface area contributed by atoms with Crippen LogP contribution in [0.1, 0.15) is 10.4 Å². The molecule has 1 heterocycles. The summed E-state index contributed by atoms with van der Waals surface area (Å²) in [6, 6.07) is 7.10. The van der Waals surface area contributed by atoms with Crippen molar-refractivity contribution >= 4 is 29.1 Å². The highest BCUT2D eigenvalue weighted by Gasteiger charge is 2.10. The monoisotopic (exact) mass is 266 g/mol. The summed E-state index contributed by atoms with van der Waals surface area (Å²) in [4.78, 5) is 12.9. The highest BCUT2D eigenvalue weighted by molar-refractivity contribution is 8.00. The lowest BCUT2D eigenvalue weighted by Crippen LogP contribution is -2.02. The van der Waals surface area contributed by atoms with Crippen molar-refractivity contribution in [2.24, 2.45) is 7.05 Å². The Hall–Kier alpha value is -1.26. The van der Waals surface area contributed by atoms with Crippen LogP contribution in [0.5, 0.6) is 0 Å². The van der Waals surface area contributed by atoms with Gasteiger partial charge < -0.3 is 0 Å². The minimum Gasteiger partial charge on any atom is -0.293 e. The minimum atomic E-state index is 0.0319. The molecule has 0 saturated heterocycles. The van der Waals surface area contributed by atoms with Crippen molar-refractivity contribution in [3.05, 3.63) is 47.2 Å². The van der Waals surface area contributed by atoms with Gasteiger partial charge in [-0.15, -0.1) is 11.8 Å². The molecule has 0 spiro atoms. The highest BCUT2D eigenvalue weighted by Crippen LogP contribution is 2.21. The van der Waals surface area contributed by atoms with Crippen LogP contribution < -0.4 is 0 Å². The van der Waals surface area contributed by atoms with E-state index in [4.69, 9.17) is 11.6 Å². The smallest absolute Gasteiger partial charge is 0.174 e. The van der Waals surface area contributed by atoms with E-state index >= 15 is 0 Å². The molecule has 0 saturated carbocycles. The van der Waals surface area contributed by atoms with Gasteiger partial charge in [-0.25, -0.2) is 0 Å². The number of rotatable bonds is 4. The van der Waals surface area contributed by atoms with Crippen LogP contribution in [0.15, 0.2) is 41.6 Å². The normalized spacial score (nSPS) is 10.5. The first-order chi connectivity index (χ1) is 8.16. The third-order valence-corrected chi connectivity index (χ3v) is 3.51. The van der Waals surface area contributed by atoms with Crippen molar-refractivity contribution in [1.82, 2.24) is 9.78 Å². The lowest BCUT2D eigenvalue weighted by Gasteiger charge is -2.01. The SMILES string of the molecule is Cn1cc(SCC(=O)c2ccccc2Cl)cn1. The van der Waals surface area contributed by atoms with Crippen LogP contribution in [0.2, 0.25) is 5.02 Å². The van der Waals surface area contributed by atoms with E-state index in [9.17, 15) is 4.79 Å². The standard InChI is InChI=1S/C12H11ClN2OS/c1-15-7-9(6-14-15)17-8-12(16)10-4-2-3-5-11(10)13/h2-7H,8H2,1H3. The summed E-state index contributed by atoms with van der Waals surface area (Å²) >= 11 is 7.42. The second kappa shape index (κ2) is 5.38. The Balaban J connectivity index is 2.01. The van der Waals surface area contributed by atoms with Gasteiger partial charge in [-0.1, -0.05) is 23.7 Å². The van der Waals surface area contributed by atoms with E-state index in [1.807, 2.05) is 25.4 Å². The fourth-order valence-corrected chi connectivity index (χ4v) is 2.43. The van der Waals surface area contributed by atoms with Gasteiger partial charge in [0.25, 0.3) is 0 Å². The van der Waals surface area contributed by atoms with E-state index in [-0.39, 0.29) is 5.78 Å². The first-order valence-corrected chi connectivity index (χ1v) is 6.42. The van der Waals surface area contributed by atoms with Crippen LogP contribution in [0.4, 0.5) is 0 Å².